The van der Waals surface area contributed by atoms with Crippen LogP contribution < -0.4 is 10.3 Å². The van der Waals surface area contributed by atoms with Crippen molar-refractivity contribution >= 4 is 10.8 Å². The van der Waals surface area contributed by atoms with Crippen molar-refractivity contribution in [3.63, 3.8) is 0 Å². The van der Waals surface area contributed by atoms with E-state index in [9.17, 15) is 9.90 Å². The summed E-state index contributed by atoms with van der Waals surface area (Å²) in [7, 11) is 3.13. The van der Waals surface area contributed by atoms with Crippen molar-refractivity contribution in [1.29, 1.82) is 0 Å². The Morgan fingerprint density at radius 2 is 2.13 bits per heavy atom. The molecule has 1 aromatic carbocycles. The van der Waals surface area contributed by atoms with Crippen molar-refractivity contribution in [2.45, 2.75) is 0 Å². The molecule has 0 fully saturated rings. The van der Waals surface area contributed by atoms with Crippen molar-refractivity contribution in [3.8, 4) is 11.5 Å². The van der Waals surface area contributed by atoms with E-state index in [4.69, 9.17) is 4.74 Å². The number of aryl methyl sites for hydroxylation is 1. The minimum Gasteiger partial charge on any atom is -0.504 e. The van der Waals surface area contributed by atoms with Crippen molar-refractivity contribution in [2.24, 2.45) is 7.05 Å². The van der Waals surface area contributed by atoms with Gasteiger partial charge in [-0.3, -0.25) is 4.79 Å². The zero-order valence-electron chi connectivity index (χ0n) is 8.52. The molecule has 78 valence electrons. The lowest BCUT2D eigenvalue weighted by atomic mass is 10.1. The molecule has 2 aromatic rings. The first-order valence-electron chi connectivity index (χ1n) is 4.50. The second-order valence-corrected chi connectivity index (χ2v) is 3.34. The smallest absolute Gasteiger partial charge is 0.258 e. The minimum atomic E-state index is -0.106. The first-order valence-corrected chi connectivity index (χ1v) is 4.50. The highest BCUT2D eigenvalue weighted by Gasteiger charge is 2.06. The largest absolute Gasteiger partial charge is 0.504 e. The Hall–Kier alpha value is -1.97. The van der Waals surface area contributed by atoms with Crippen LogP contribution in [0.15, 0.2) is 29.2 Å². The summed E-state index contributed by atoms with van der Waals surface area (Å²) < 4.78 is 6.43. The second kappa shape index (κ2) is 3.31. The van der Waals surface area contributed by atoms with E-state index in [1.807, 2.05) is 0 Å². The molecule has 15 heavy (non-hydrogen) atoms. The van der Waals surface area contributed by atoms with Gasteiger partial charge in [-0.05, 0) is 23.6 Å². The third kappa shape index (κ3) is 1.44. The van der Waals surface area contributed by atoms with Crippen LogP contribution in [0.25, 0.3) is 10.8 Å². The summed E-state index contributed by atoms with van der Waals surface area (Å²) in [6.07, 6.45) is 1.66. The monoisotopic (exact) mass is 205 g/mol. The molecule has 2 rings (SSSR count). The Morgan fingerprint density at radius 1 is 1.40 bits per heavy atom. The molecule has 0 saturated heterocycles. The Bertz CT molecular complexity index is 572. The van der Waals surface area contributed by atoms with Gasteiger partial charge in [0.1, 0.15) is 0 Å². The molecule has 0 spiro atoms. The summed E-state index contributed by atoms with van der Waals surface area (Å²) >= 11 is 0. The van der Waals surface area contributed by atoms with E-state index in [2.05, 4.69) is 0 Å². The number of aromatic nitrogens is 1. The molecule has 0 amide bonds. The third-order valence-corrected chi connectivity index (χ3v) is 2.38. The van der Waals surface area contributed by atoms with Crippen molar-refractivity contribution in [1.82, 2.24) is 4.57 Å². The molecule has 0 radical (unpaired) electrons. The summed E-state index contributed by atoms with van der Waals surface area (Å²) in [5.74, 6) is 0.351. The fourth-order valence-electron chi connectivity index (χ4n) is 1.52. The summed E-state index contributed by atoms with van der Waals surface area (Å²) in [5, 5.41) is 10.8. The van der Waals surface area contributed by atoms with E-state index in [1.54, 1.807) is 25.4 Å². The second-order valence-electron chi connectivity index (χ2n) is 3.34. The molecular formula is C11H11NO3. The van der Waals surface area contributed by atoms with Gasteiger partial charge in [-0.25, -0.2) is 0 Å². The Morgan fingerprint density at radius 3 is 2.80 bits per heavy atom. The van der Waals surface area contributed by atoms with Gasteiger partial charge in [0, 0.05) is 13.2 Å². The van der Waals surface area contributed by atoms with Gasteiger partial charge in [-0.15, -0.1) is 0 Å². The molecule has 0 bridgehead atoms. The van der Waals surface area contributed by atoms with E-state index >= 15 is 0 Å². The van der Waals surface area contributed by atoms with Crippen LogP contribution in [-0.4, -0.2) is 16.8 Å². The van der Waals surface area contributed by atoms with Gasteiger partial charge in [-0.1, -0.05) is 0 Å². The number of aromatic hydroxyl groups is 1. The summed E-state index contributed by atoms with van der Waals surface area (Å²) in [5.41, 5.74) is -0.106. The van der Waals surface area contributed by atoms with Crippen molar-refractivity contribution in [3.05, 3.63) is 34.7 Å². The van der Waals surface area contributed by atoms with Gasteiger partial charge >= 0.3 is 0 Å². The van der Waals surface area contributed by atoms with Gasteiger partial charge in [-0.2, -0.15) is 0 Å². The van der Waals surface area contributed by atoms with Crippen molar-refractivity contribution in [2.75, 3.05) is 7.11 Å². The highest BCUT2D eigenvalue weighted by Crippen LogP contribution is 2.29. The Kier molecular flexibility index (Phi) is 2.11. The van der Waals surface area contributed by atoms with Gasteiger partial charge in [0.05, 0.1) is 12.5 Å². The molecule has 0 unspecified atom stereocenters. The number of benzene rings is 1. The fourth-order valence-corrected chi connectivity index (χ4v) is 1.52. The SMILES string of the molecule is COc1cc2c(=O)n(C)ccc2cc1O. The maximum atomic E-state index is 11.7. The van der Waals surface area contributed by atoms with E-state index in [0.29, 0.717) is 16.5 Å². The van der Waals surface area contributed by atoms with Gasteiger partial charge in [0.25, 0.3) is 5.56 Å². The number of phenols is 1. The average Bonchev–Trinajstić information content (AvgIpc) is 2.23. The molecular weight excluding hydrogens is 194 g/mol. The molecule has 0 saturated carbocycles. The van der Waals surface area contributed by atoms with Crippen LogP contribution in [0.2, 0.25) is 0 Å². The maximum Gasteiger partial charge on any atom is 0.258 e. The first kappa shape index (κ1) is 9.58. The lowest BCUT2D eigenvalue weighted by molar-refractivity contribution is 0.374. The zero-order valence-corrected chi connectivity index (χ0v) is 8.52. The van der Waals surface area contributed by atoms with Crippen LogP contribution >= 0.6 is 0 Å². The number of ether oxygens (including phenoxy) is 1. The van der Waals surface area contributed by atoms with Gasteiger partial charge in [0.15, 0.2) is 11.5 Å². The number of fused-ring (bicyclic) bond motifs is 1. The van der Waals surface area contributed by atoms with Crippen molar-refractivity contribution < 1.29 is 9.84 Å². The van der Waals surface area contributed by atoms with Crippen LogP contribution in [0.1, 0.15) is 0 Å². The van der Waals surface area contributed by atoms with Crippen LogP contribution in [0.4, 0.5) is 0 Å². The zero-order chi connectivity index (χ0) is 11.0. The van der Waals surface area contributed by atoms with Gasteiger partial charge < -0.3 is 14.4 Å². The van der Waals surface area contributed by atoms with Crippen LogP contribution in [0, 0.1) is 0 Å². The molecule has 1 N–H and O–H groups in total. The standard InChI is InChI=1S/C11H11NO3/c1-12-4-3-7-5-9(13)10(15-2)6-8(7)11(12)14/h3-6,13H,1-2H3. The predicted octanol–water partition coefficient (Wildman–Crippen LogP) is 1.25. The summed E-state index contributed by atoms with van der Waals surface area (Å²) in [4.78, 5) is 11.7. The van der Waals surface area contributed by atoms with E-state index in [0.717, 1.165) is 0 Å². The average molecular weight is 205 g/mol. The predicted molar refractivity (Wildman–Crippen MR) is 57.4 cm³/mol. The summed E-state index contributed by atoms with van der Waals surface area (Å²) in [6.45, 7) is 0. The summed E-state index contributed by atoms with van der Waals surface area (Å²) in [6, 6.07) is 4.85. The number of pyridine rings is 1. The molecule has 1 aromatic heterocycles. The highest BCUT2D eigenvalue weighted by molar-refractivity contribution is 5.85. The van der Waals surface area contributed by atoms with E-state index in [-0.39, 0.29) is 11.3 Å². The number of methoxy groups -OCH3 is 1. The number of nitrogens with zero attached hydrogens (tertiary/aromatic N) is 1. The fraction of sp³-hybridized carbons (Fsp3) is 0.182. The minimum absolute atomic E-state index is 0.0400. The topological polar surface area (TPSA) is 51.5 Å². The van der Waals surface area contributed by atoms with Crippen LogP contribution in [-0.2, 0) is 7.05 Å². The first-order chi connectivity index (χ1) is 7.13. The Labute approximate surface area is 86.3 Å². The molecule has 0 aliphatic rings. The molecule has 1 heterocycles. The van der Waals surface area contributed by atoms with E-state index in [1.165, 1.54) is 17.7 Å². The maximum absolute atomic E-state index is 11.7. The lowest BCUT2D eigenvalue weighted by Gasteiger charge is -2.06. The number of hydrogen-bond donors (Lipinski definition) is 1. The number of phenolic OH excluding ortho intramolecular Hbond substituents is 1. The van der Waals surface area contributed by atoms with E-state index < -0.39 is 0 Å². The van der Waals surface area contributed by atoms with Gasteiger partial charge in [0.2, 0.25) is 0 Å². The highest BCUT2D eigenvalue weighted by atomic mass is 16.5. The molecule has 0 atom stereocenters. The Balaban J connectivity index is 2.89. The molecule has 0 aliphatic heterocycles. The van der Waals surface area contributed by atoms with Crippen LogP contribution in [0.5, 0.6) is 11.5 Å². The van der Waals surface area contributed by atoms with Crippen LogP contribution in [0.3, 0.4) is 0 Å². The number of rotatable bonds is 1. The normalized spacial score (nSPS) is 10.5. The molecule has 4 heteroatoms. The molecule has 4 nitrogen and oxygen atoms in total. The quantitative estimate of drug-likeness (QED) is 0.762. The molecule has 0 aliphatic carbocycles. The third-order valence-electron chi connectivity index (χ3n) is 2.38. The lowest BCUT2D eigenvalue weighted by Crippen LogP contribution is -2.15. The number of hydrogen-bond acceptors (Lipinski definition) is 3.